The van der Waals surface area contributed by atoms with E-state index in [0.717, 1.165) is 29.4 Å². The zero-order chi connectivity index (χ0) is 16.7. The monoisotopic (exact) mass is 381 g/mol. The molecular weight excluding hydrogens is 358 g/mol. The predicted molar refractivity (Wildman–Crippen MR) is 92.1 cm³/mol. The van der Waals surface area contributed by atoms with Crippen LogP contribution in [-0.2, 0) is 19.9 Å². The number of esters is 1. The van der Waals surface area contributed by atoms with Crippen molar-refractivity contribution in [3.05, 3.63) is 34.3 Å². The molecule has 1 heterocycles. The van der Waals surface area contributed by atoms with E-state index in [-0.39, 0.29) is 18.6 Å². The van der Waals surface area contributed by atoms with Crippen LogP contribution >= 0.6 is 15.9 Å². The Hall–Kier alpha value is -0.910. The Balaban J connectivity index is 1.79. The summed E-state index contributed by atoms with van der Waals surface area (Å²) in [7, 11) is 0. The van der Waals surface area contributed by atoms with Crippen molar-refractivity contribution in [3.63, 3.8) is 0 Å². The van der Waals surface area contributed by atoms with Gasteiger partial charge in [-0.25, -0.2) is 4.79 Å². The molecule has 0 spiro atoms. The minimum atomic E-state index is -0.490. The van der Waals surface area contributed by atoms with Gasteiger partial charge < -0.3 is 14.8 Å². The van der Waals surface area contributed by atoms with Gasteiger partial charge in [-0.3, -0.25) is 0 Å². The average Bonchev–Trinajstić information content (AvgIpc) is 3.04. The van der Waals surface area contributed by atoms with Gasteiger partial charge in [-0.1, -0.05) is 28.1 Å². The molecule has 3 rings (SSSR count). The Labute approximate surface area is 146 Å². The highest BCUT2D eigenvalue weighted by Crippen LogP contribution is 2.48. The third-order valence-electron chi connectivity index (χ3n) is 4.56. The van der Waals surface area contributed by atoms with Gasteiger partial charge in [0.1, 0.15) is 17.8 Å². The SMILES string of the molecule is CC(C)(C)OC(=O)COC1(c2cccc(Br)c2)CC2CNC1C2. The molecule has 0 radical (unpaired) electrons. The van der Waals surface area contributed by atoms with E-state index in [2.05, 4.69) is 33.4 Å². The first kappa shape index (κ1) is 16.9. The fraction of sp³-hybridized carbons (Fsp3) is 0.611. The average molecular weight is 382 g/mol. The zero-order valence-electron chi connectivity index (χ0n) is 13.9. The van der Waals surface area contributed by atoms with E-state index >= 15 is 0 Å². The van der Waals surface area contributed by atoms with Crippen LogP contribution in [-0.4, -0.2) is 30.8 Å². The molecule has 1 saturated carbocycles. The molecule has 1 aromatic carbocycles. The maximum Gasteiger partial charge on any atom is 0.332 e. The molecular formula is C18H24BrNO3. The Bertz CT molecular complexity index is 598. The highest BCUT2D eigenvalue weighted by Gasteiger charge is 2.53. The zero-order valence-corrected chi connectivity index (χ0v) is 15.5. The van der Waals surface area contributed by atoms with Crippen molar-refractivity contribution >= 4 is 21.9 Å². The normalized spacial score (nSPS) is 29.7. The second-order valence-corrected chi connectivity index (χ2v) is 8.46. The van der Waals surface area contributed by atoms with E-state index in [9.17, 15) is 4.79 Å². The van der Waals surface area contributed by atoms with E-state index in [1.165, 1.54) is 0 Å². The fourth-order valence-electron chi connectivity index (χ4n) is 3.76. The van der Waals surface area contributed by atoms with Gasteiger partial charge in [0, 0.05) is 10.5 Å². The van der Waals surface area contributed by atoms with Crippen LogP contribution in [0, 0.1) is 5.92 Å². The van der Waals surface area contributed by atoms with Crippen LogP contribution in [0.25, 0.3) is 0 Å². The van der Waals surface area contributed by atoms with Crippen LogP contribution in [0.1, 0.15) is 39.2 Å². The van der Waals surface area contributed by atoms with Gasteiger partial charge >= 0.3 is 5.97 Å². The summed E-state index contributed by atoms with van der Waals surface area (Å²) in [4.78, 5) is 12.1. The molecule has 2 fully saturated rings. The number of hydrogen-bond acceptors (Lipinski definition) is 4. The van der Waals surface area contributed by atoms with E-state index in [0.29, 0.717) is 5.92 Å². The highest BCUT2D eigenvalue weighted by molar-refractivity contribution is 9.10. The minimum absolute atomic E-state index is 0.0192. The molecule has 126 valence electrons. The Morgan fingerprint density at radius 3 is 2.78 bits per heavy atom. The molecule has 2 aliphatic rings. The fourth-order valence-corrected chi connectivity index (χ4v) is 4.16. The highest BCUT2D eigenvalue weighted by atomic mass is 79.9. The molecule has 4 nitrogen and oxygen atoms in total. The molecule has 3 atom stereocenters. The summed E-state index contributed by atoms with van der Waals surface area (Å²) in [5.41, 5.74) is 0.190. The topological polar surface area (TPSA) is 47.6 Å². The lowest BCUT2D eigenvalue weighted by molar-refractivity contribution is -0.170. The van der Waals surface area contributed by atoms with Gasteiger partial charge in [0.15, 0.2) is 0 Å². The van der Waals surface area contributed by atoms with Gasteiger partial charge in [-0.05, 0) is 63.8 Å². The van der Waals surface area contributed by atoms with Gasteiger partial charge in [0.25, 0.3) is 0 Å². The van der Waals surface area contributed by atoms with Crippen LogP contribution in [0.3, 0.4) is 0 Å². The van der Waals surface area contributed by atoms with Crippen LogP contribution in [0.2, 0.25) is 0 Å². The molecule has 2 bridgehead atoms. The molecule has 1 aliphatic heterocycles. The van der Waals surface area contributed by atoms with Crippen molar-refractivity contribution in [2.45, 2.75) is 50.9 Å². The van der Waals surface area contributed by atoms with Gasteiger partial charge in [-0.2, -0.15) is 0 Å². The van der Waals surface area contributed by atoms with Crippen molar-refractivity contribution in [3.8, 4) is 0 Å². The molecule has 1 N–H and O–H groups in total. The van der Waals surface area contributed by atoms with Crippen LogP contribution < -0.4 is 5.32 Å². The van der Waals surface area contributed by atoms with Crippen molar-refractivity contribution in [2.75, 3.05) is 13.2 Å². The van der Waals surface area contributed by atoms with Gasteiger partial charge in [-0.15, -0.1) is 0 Å². The third-order valence-corrected chi connectivity index (χ3v) is 5.05. The van der Waals surface area contributed by atoms with E-state index in [1.54, 1.807) is 0 Å². The number of rotatable bonds is 4. The number of piperidine rings is 1. The summed E-state index contributed by atoms with van der Waals surface area (Å²) < 4.78 is 12.6. The second-order valence-electron chi connectivity index (χ2n) is 7.54. The lowest BCUT2D eigenvalue weighted by Crippen LogP contribution is -2.49. The molecule has 1 saturated heterocycles. The molecule has 23 heavy (non-hydrogen) atoms. The number of hydrogen-bond donors (Lipinski definition) is 1. The first-order chi connectivity index (χ1) is 10.8. The Morgan fingerprint density at radius 1 is 1.43 bits per heavy atom. The van der Waals surface area contributed by atoms with Crippen molar-refractivity contribution in [1.82, 2.24) is 5.32 Å². The number of ether oxygens (including phenoxy) is 2. The Morgan fingerprint density at radius 2 is 2.22 bits per heavy atom. The van der Waals surface area contributed by atoms with Gasteiger partial charge in [0.05, 0.1) is 0 Å². The van der Waals surface area contributed by atoms with Crippen molar-refractivity contribution in [1.29, 1.82) is 0 Å². The number of carbonyl (C=O) groups is 1. The number of carbonyl (C=O) groups excluding carboxylic acids is 1. The molecule has 0 aromatic heterocycles. The number of fused-ring (bicyclic) bond motifs is 2. The lowest BCUT2D eigenvalue weighted by atomic mass is 9.86. The van der Waals surface area contributed by atoms with Crippen LogP contribution in [0.15, 0.2) is 28.7 Å². The summed E-state index contributed by atoms with van der Waals surface area (Å²) in [5.74, 6) is 0.298. The van der Waals surface area contributed by atoms with Crippen LogP contribution in [0.5, 0.6) is 0 Å². The molecule has 3 unspecified atom stereocenters. The quantitative estimate of drug-likeness (QED) is 0.812. The summed E-state index contributed by atoms with van der Waals surface area (Å²) in [6.07, 6.45) is 2.05. The largest absolute Gasteiger partial charge is 0.458 e. The van der Waals surface area contributed by atoms with Gasteiger partial charge in [0.2, 0.25) is 0 Å². The standard InChI is InChI=1S/C18H24BrNO3/c1-17(2,3)23-16(21)11-22-18(9-12-7-15(18)20-10-12)13-5-4-6-14(19)8-13/h4-6,8,12,15,20H,7,9-11H2,1-3H3. The maximum absolute atomic E-state index is 12.1. The smallest absolute Gasteiger partial charge is 0.332 e. The molecule has 0 amide bonds. The first-order valence-corrected chi connectivity index (χ1v) is 8.93. The summed E-state index contributed by atoms with van der Waals surface area (Å²) >= 11 is 3.54. The van der Waals surface area contributed by atoms with E-state index in [4.69, 9.17) is 9.47 Å². The predicted octanol–water partition coefficient (Wildman–Crippen LogP) is 3.38. The summed E-state index contributed by atoms with van der Waals surface area (Å²) in [6, 6.07) is 8.46. The number of nitrogens with one attached hydrogen (secondary N) is 1. The van der Waals surface area contributed by atoms with Crippen LogP contribution in [0.4, 0.5) is 0 Å². The Kier molecular flexibility index (Phi) is 4.55. The molecule has 5 heteroatoms. The third kappa shape index (κ3) is 3.62. The number of halogens is 1. The summed E-state index contributed by atoms with van der Waals surface area (Å²) in [5, 5.41) is 3.54. The van der Waals surface area contributed by atoms with E-state index < -0.39 is 11.2 Å². The summed E-state index contributed by atoms with van der Waals surface area (Å²) in [6.45, 7) is 6.63. The van der Waals surface area contributed by atoms with Crippen molar-refractivity contribution in [2.24, 2.45) is 5.92 Å². The minimum Gasteiger partial charge on any atom is -0.458 e. The maximum atomic E-state index is 12.1. The second kappa shape index (κ2) is 6.19. The lowest BCUT2D eigenvalue weighted by Gasteiger charge is -2.38. The van der Waals surface area contributed by atoms with Crippen molar-refractivity contribution < 1.29 is 14.3 Å². The first-order valence-electron chi connectivity index (χ1n) is 8.14. The van der Waals surface area contributed by atoms with E-state index in [1.807, 2.05) is 32.9 Å². The number of benzene rings is 1. The molecule has 1 aliphatic carbocycles. The molecule has 1 aromatic rings.